The van der Waals surface area contributed by atoms with Crippen LogP contribution in [0.15, 0.2) is 75.8 Å². The number of ether oxygens (including phenoxy) is 2. The second-order valence-electron chi connectivity index (χ2n) is 8.25. The van der Waals surface area contributed by atoms with Gasteiger partial charge in [-0.3, -0.25) is 9.36 Å². The molecular weight excluding hydrogens is 462 g/mol. The molecular formula is C27H25N3O4S. The third kappa shape index (κ3) is 4.00. The quantitative estimate of drug-likeness (QED) is 0.421. The van der Waals surface area contributed by atoms with Crippen LogP contribution in [0.3, 0.4) is 0 Å². The maximum absolute atomic E-state index is 13.8. The van der Waals surface area contributed by atoms with E-state index in [0.29, 0.717) is 33.0 Å². The van der Waals surface area contributed by atoms with Crippen LogP contribution in [-0.4, -0.2) is 29.2 Å². The zero-order valence-electron chi connectivity index (χ0n) is 19.7. The second-order valence-corrected chi connectivity index (χ2v) is 9.26. The van der Waals surface area contributed by atoms with Gasteiger partial charge in [0.1, 0.15) is 11.8 Å². The molecule has 35 heavy (non-hydrogen) atoms. The Morgan fingerprint density at radius 1 is 1.20 bits per heavy atom. The lowest BCUT2D eigenvalue weighted by atomic mass is 9.95. The summed E-state index contributed by atoms with van der Waals surface area (Å²) >= 11 is 1.30. The van der Waals surface area contributed by atoms with Crippen LogP contribution in [-0.2, 0) is 9.53 Å². The first-order valence-electron chi connectivity index (χ1n) is 11.4. The van der Waals surface area contributed by atoms with Crippen molar-refractivity contribution in [3.63, 3.8) is 0 Å². The van der Waals surface area contributed by atoms with Gasteiger partial charge in [-0.25, -0.2) is 9.79 Å². The molecule has 0 saturated heterocycles. The molecule has 2 aromatic heterocycles. The zero-order chi connectivity index (χ0) is 24.5. The highest BCUT2D eigenvalue weighted by Crippen LogP contribution is 2.35. The summed E-state index contributed by atoms with van der Waals surface area (Å²) in [5.74, 6) is 0.106. The zero-order valence-corrected chi connectivity index (χ0v) is 20.5. The lowest BCUT2D eigenvalue weighted by Gasteiger charge is -2.26. The molecule has 0 radical (unpaired) electrons. The Labute approximate surface area is 205 Å². The van der Waals surface area contributed by atoms with Gasteiger partial charge in [-0.05, 0) is 31.6 Å². The number of aromatic amines is 1. The summed E-state index contributed by atoms with van der Waals surface area (Å²) in [5, 5.41) is 1.03. The van der Waals surface area contributed by atoms with Crippen LogP contribution >= 0.6 is 11.3 Å². The molecule has 0 amide bonds. The molecule has 7 nitrogen and oxygen atoms in total. The Hall–Kier alpha value is -3.91. The number of rotatable bonds is 6. The molecule has 0 fully saturated rings. The molecule has 3 heterocycles. The predicted octanol–water partition coefficient (Wildman–Crippen LogP) is 3.68. The van der Waals surface area contributed by atoms with E-state index >= 15 is 0 Å². The fourth-order valence-electron chi connectivity index (χ4n) is 4.39. The van der Waals surface area contributed by atoms with Crippen molar-refractivity contribution in [2.75, 3.05) is 13.7 Å². The molecule has 1 aliphatic heterocycles. The minimum absolute atomic E-state index is 0.219. The SMILES string of the molecule is CCCOc1ccccc1[C@@H]1C(C(=O)OC)=C(C)N=c2s/c(=C\c3c[nH]c4ccccc34)c(=O)n21. The van der Waals surface area contributed by atoms with Crippen molar-refractivity contribution in [3.8, 4) is 5.75 Å². The molecule has 1 aliphatic rings. The number of carbonyl (C=O) groups is 1. The first kappa shape index (κ1) is 22.9. The summed E-state index contributed by atoms with van der Waals surface area (Å²) in [6.07, 6.45) is 4.59. The minimum atomic E-state index is -0.711. The highest BCUT2D eigenvalue weighted by atomic mass is 32.1. The van der Waals surface area contributed by atoms with Crippen molar-refractivity contribution in [1.82, 2.24) is 9.55 Å². The summed E-state index contributed by atoms with van der Waals surface area (Å²) in [6.45, 7) is 4.32. The van der Waals surface area contributed by atoms with Crippen LogP contribution < -0.4 is 19.6 Å². The normalized spacial score (nSPS) is 15.7. The van der Waals surface area contributed by atoms with Gasteiger partial charge in [0.05, 0.1) is 29.5 Å². The molecule has 178 valence electrons. The second kappa shape index (κ2) is 9.38. The highest BCUT2D eigenvalue weighted by molar-refractivity contribution is 7.07. The van der Waals surface area contributed by atoms with Gasteiger partial charge >= 0.3 is 5.97 Å². The molecule has 8 heteroatoms. The Bertz CT molecular complexity index is 1640. The van der Waals surface area contributed by atoms with Gasteiger partial charge in [0.2, 0.25) is 0 Å². The molecule has 0 unspecified atom stereocenters. The van der Waals surface area contributed by atoms with Crippen LogP contribution in [0.2, 0.25) is 0 Å². The molecule has 5 rings (SSSR count). The summed E-state index contributed by atoms with van der Waals surface area (Å²) < 4.78 is 13.2. The smallest absolute Gasteiger partial charge is 0.338 e. The van der Waals surface area contributed by atoms with Crippen molar-refractivity contribution in [1.29, 1.82) is 0 Å². The number of methoxy groups -OCH3 is 1. The van der Waals surface area contributed by atoms with Gasteiger partial charge in [-0.15, -0.1) is 0 Å². The number of nitrogens with zero attached hydrogens (tertiary/aromatic N) is 2. The van der Waals surface area contributed by atoms with Crippen LogP contribution in [0.1, 0.15) is 37.4 Å². The Morgan fingerprint density at radius 2 is 1.97 bits per heavy atom. The van der Waals surface area contributed by atoms with Gasteiger partial charge in [-0.2, -0.15) is 0 Å². The molecule has 1 atom stereocenters. The number of hydrogen-bond acceptors (Lipinski definition) is 6. The van der Waals surface area contributed by atoms with Crippen molar-refractivity contribution in [3.05, 3.63) is 96.8 Å². The number of carbonyl (C=O) groups excluding carboxylic acids is 1. The van der Waals surface area contributed by atoms with E-state index in [4.69, 9.17) is 9.47 Å². The van der Waals surface area contributed by atoms with Crippen LogP contribution in [0.5, 0.6) is 5.75 Å². The topological polar surface area (TPSA) is 85.7 Å². The van der Waals surface area contributed by atoms with E-state index in [-0.39, 0.29) is 5.56 Å². The maximum Gasteiger partial charge on any atom is 0.338 e. The largest absolute Gasteiger partial charge is 0.493 e. The fraction of sp³-hybridized carbons (Fsp3) is 0.222. The van der Waals surface area contributed by atoms with Gasteiger partial charge in [0, 0.05) is 28.2 Å². The van der Waals surface area contributed by atoms with Crippen molar-refractivity contribution in [2.45, 2.75) is 26.3 Å². The van der Waals surface area contributed by atoms with Crippen molar-refractivity contribution >= 4 is 34.3 Å². The van der Waals surface area contributed by atoms with Crippen LogP contribution in [0.4, 0.5) is 0 Å². The minimum Gasteiger partial charge on any atom is -0.493 e. The van der Waals surface area contributed by atoms with E-state index in [1.54, 1.807) is 11.5 Å². The number of nitrogens with one attached hydrogen (secondary N) is 1. The number of thiazole rings is 1. The van der Waals surface area contributed by atoms with E-state index in [2.05, 4.69) is 9.98 Å². The Balaban J connectivity index is 1.75. The van der Waals surface area contributed by atoms with Crippen LogP contribution in [0.25, 0.3) is 17.0 Å². The number of benzene rings is 2. The Kier molecular flexibility index (Phi) is 6.13. The van der Waals surface area contributed by atoms with Gasteiger partial charge in [0.15, 0.2) is 4.80 Å². The monoisotopic (exact) mass is 487 g/mol. The summed E-state index contributed by atoms with van der Waals surface area (Å²) in [6, 6.07) is 14.7. The average Bonchev–Trinajstić information content (AvgIpc) is 3.42. The fourth-order valence-corrected chi connectivity index (χ4v) is 5.43. The van der Waals surface area contributed by atoms with Gasteiger partial charge in [-0.1, -0.05) is 54.7 Å². The summed E-state index contributed by atoms with van der Waals surface area (Å²) in [4.78, 5) is 35.1. The number of para-hydroxylation sites is 2. The standard InChI is InChI=1S/C27H25N3O4S/c1-4-13-34-21-12-8-6-10-19(21)24-23(26(32)33-3)16(2)29-27-30(24)25(31)22(35-27)14-17-15-28-20-11-7-5-9-18(17)20/h5-12,14-15,24,28H,4,13H2,1-3H3/b22-14-/t24-/m1/s1. The number of hydrogen-bond donors (Lipinski definition) is 1. The molecule has 0 aliphatic carbocycles. The van der Waals surface area contributed by atoms with Crippen molar-refractivity contribution < 1.29 is 14.3 Å². The highest BCUT2D eigenvalue weighted by Gasteiger charge is 2.34. The lowest BCUT2D eigenvalue weighted by molar-refractivity contribution is -0.136. The molecule has 0 saturated carbocycles. The first-order valence-corrected chi connectivity index (χ1v) is 12.2. The van der Waals surface area contributed by atoms with Gasteiger partial charge in [0.25, 0.3) is 5.56 Å². The predicted molar refractivity (Wildman–Crippen MR) is 136 cm³/mol. The third-order valence-corrected chi connectivity index (χ3v) is 6.99. The van der Waals surface area contributed by atoms with E-state index in [1.807, 2.05) is 67.7 Å². The van der Waals surface area contributed by atoms with E-state index < -0.39 is 12.0 Å². The van der Waals surface area contributed by atoms with Crippen LogP contribution in [0, 0.1) is 0 Å². The van der Waals surface area contributed by atoms with Gasteiger partial charge < -0.3 is 14.5 Å². The number of allylic oxidation sites excluding steroid dienone is 1. The average molecular weight is 488 g/mol. The summed E-state index contributed by atoms with van der Waals surface area (Å²) in [5.41, 5.74) is 3.25. The van der Waals surface area contributed by atoms with E-state index in [0.717, 1.165) is 28.5 Å². The molecule has 0 bridgehead atoms. The van der Waals surface area contributed by atoms with Crippen molar-refractivity contribution in [2.24, 2.45) is 4.99 Å². The Morgan fingerprint density at radius 3 is 2.77 bits per heavy atom. The number of esters is 1. The first-order chi connectivity index (χ1) is 17.0. The number of H-pyrrole nitrogens is 1. The summed E-state index contributed by atoms with van der Waals surface area (Å²) in [7, 11) is 1.33. The van der Waals surface area contributed by atoms with E-state index in [1.165, 1.54) is 18.4 Å². The molecule has 4 aromatic rings. The lowest BCUT2D eigenvalue weighted by Crippen LogP contribution is -2.40. The van der Waals surface area contributed by atoms with E-state index in [9.17, 15) is 9.59 Å². The molecule has 0 spiro atoms. The molecule has 1 N–H and O–H groups in total. The number of fused-ring (bicyclic) bond motifs is 2. The third-order valence-electron chi connectivity index (χ3n) is 6.01. The molecule has 2 aromatic carbocycles. The maximum atomic E-state index is 13.8. The number of aromatic nitrogens is 2.